The summed E-state index contributed by atoms with van der Waals surface area (Å²) in [6, 6.07) is 3.66. The van der Waals surface area contributed by atoms with Gasteiger partial charge < -0.3 is 4.74 Å². The number of halogens is 2. The van der Waals surface area contributed by atoms with Gasteiger partial charge in [0, 0.05) is 0 Å². The average Bonchev–Trinajstić information content (AvgIpc) is 2.65. The van der Waals surface area contributed by atoms with Crippen molar-refractivity contribution in [2.24, 2.45) is 10.4 Å². The topological polar surface area (TPSA) is 21.6 Å². The Morgan fingerprint density at radius 1 is 1.24 bits per heavy atom. The zero-order valence-electron chi connectivity index (χ0n) is 10.1. The van der Waals surface area contributed by atoms with Crippen LogP contribution in [0.4, 0.5) is 8.78 Å². The number of hydrogen-bond donors (Lipinski definition) is 0. The van der Waals surface area contributed by atoms with Crippen LogP contribution in [-0.4, -0.2) is 18.5 Å². The first-order chi connectivity index (χ1) is 7.89. The Morgan fingerprint density at radius 2 is 1.82 bits per heavy atom. The van der Waals surface area contributed by atoms with E-state index in [1.54, 1.807) is 0 Å². The maximum atomic E-state index is 13.5. The lowest BCUT2D eigenvalue weighted by Crippen LogP contribution is -2.25. The summed E-state index contributed by atoms with van der Waals surface area (Å²) in [5.74, 6) is -1.21. The summed E-state index contributed by atoms with van der Waals surface area (Å²) in [4.78, 5) is 4.27. The van der Waals surface area contributed by atoms with Gasteiger partial charge in [-0.25, -0.2) is 13.8 Å². The van der Waals surface area contributed by atoms with E-state index in [1.165, 1.54) is 18.2 Å². The Kier molecular flexibility index (Phi) is 2.89. The fraction of sp³-hybridized carbons (Fsp3) is 0.462. The second kappa shape index (κ2) is 4.09. The van der Waals surface area contributed by atoms with Crippen molar-refractivity contribution in [1.82, 2.24) is 0 Å². The number of aliphatic imine (C=N–C) groups is 1. The first kappa shape index (κ1) is 12.0. The van der Waals surface area contributed by atoms with Gasteiger partial charge in [-0.3, -0.25) is 0 Å². The van der Waals surface area contributed by atoms with E-state index in [1.807, 2.05) is 20.8 Å². The molecule has 1 aliphatic heterocycles. The minimum atomic E-state index is -0.640. The Morgan fingerprint density at radius 3 is 2.29 bits per heavy atom. The molecular weight excluding hydrogens is 224 g/mol. The van der Waals surface area contributed by atoms with Gasteiger partial charge in [0.15, 0.2) is 0 Å². The molecule has 4 heteroatoms. The highest BCUT2D eigenvalue weighted by Crippen LogP contribution is 2.28. The van der Waals surface area contributed by atoms with Gasteiger partial charge in [0.1, 0.15) is 23.8 Å². The minimum Gasteiger partial charge on any atom is -0.475 e. The minimum absolute atomic E-state index is 0.0699. The van der Waals surface area contributed by atoms with E-state index < -0.39 is 11.6 Å². The molecular formula is C13H15F2NO. The van der Waals surface area contributed by atoms with Gasteiger partial charge in [0.05, 0.1) is 6.04 Å². The van der Waals surface area contributed by atoms with Crippen LogP contribution in [-0.2, 0) is 4.74 Å². The van der Waals surface area contributed by atoms with Gasteiger partial charge in [0.2, 0.25) is 5.90 Å². The fourth-order valence-electron chi connectivity index (χ4n) is 1.66. The van der Waals surface area contributed by atoms with Crippen molar-refractivity contribution < 1.29 is 13.5 Å². The predicted octanol–water partition coefficient (Wildman–Crippen LogP) is 3.16. The zero-order valence-corrected chi connectivity index (χ0v) is 10.1. The molecule has 0 aromatic heterocycles. The van der Waals surface area contributed by atoms with E-state index in [4.69, 9.17) is 4.74 Å². The van der Waals surface area contributed by atoms with Gasteiger partial charge in [-0.15, -0.1) is 0 Å². The van der Waals surface area contributed by atoms with E-state index in [0.717, 1.165) is 0 Å². The monoisotopic (exact) mass is 239 g/mol. The average molecular weight is 239 g/mol. The van der Waals surface area contributed by atoms with Crippen LogP contribution in [0.3, 0.4) is 0 Å². The molecule has 0 unspecified atom stereocenters. The molecule has 0 bridgehead atoms. The fourth-order valence-corrected chi connectivity index (χ4v) is 1.66. The van der Waals surface area contributed by atoms with E-state index in [9.17, 15) is 8.78 Å². The normalized spacial score (nSPS) is 20.1. The van der Waals surface area contributed by atoms with Crippen molar-refractivity contribution in [3.05, 3.63) is 35.4 Å². The summed E-state index contributed by atoms with van der Waals surface area (Å²) in [5, 5.41) is 0. The van der Waals surface area contributed by atoms with Crippen LogP contribution in [0.2, 0.25) is 0 Å². The third kappa shape index (κ3) is 2.30. The highest BCUT2D eigenvalue weighted by atomic mass is 19.1. The maximum absolute atomic E-state index is 13.5. The van der Waals surface area contributed by atoms with Crippen LogP contribution < -0.4 is 0 Å². The molecule has 17 heavy (non-hydrogen) atoms. The molecule has 0 amide bonds. The highest BCUT2D eigenvalue weighted by Gasteiger charge is 2.32. The SMILES string of the molecule is CC(C)(C)[C@@H]1COC(c2c(F)cccc2F)=N1. The van der Waals surface area contributed by atoms with Crippen LogP contribution in [0.15, 0.2) is 23.2 Å². The van der Waals surface area contributed by atoms with Crippen molar-refractivity contribution in [3.63, 3.8) is 0 Å². The predicted molar refractivity (Wildman–Crippen MR) is 62.1 cm³/mol. The summed E-state index contributed by atoms with van der Waals surface area (Å²) < 4.78 is 32.4. The Labute approximate surface area is 99.3 Å². The molecule has 0 N–H and O–H groups in total. The highest BCUT2D eigenvalue weighted by molar-refractivity contribution is 5.95. The summed E-state index contributed by atoms with van der Waals surface area (Å²) >= 11 is 0. The maximum Gasteiger partial charge on any atom is 0.222 e. The van der Waals surface area contributed by atoms with Crippen molar-refractivity contribution in [2.75, 3.05) is 6.61 Å². The third-order valence-corrected chi connectivity index (χ3v) is 2.83. The van der Waals surface area contributed by atoms with Gasteiger partial charge in [-0.2, -0.15) is 0 Å². The zero-order chi connectivity index (χ0) is 12.6. The largest absolute Gasteiger partial charge is 0.475 e. The molecule has 1 heterocycles. The molecule has 1 aromatic carbocycles. The number of ether oxygens (including phenoxy) is 1. The van der Waals surface area contributed by atoms with Crippen molar-refractivity contribution in [3.8, 4) is 0 Å². The van der Waals surface area contributed by atoms with Crippen molar-refractivity contribution >= 4 is 5.90 Å². The molecule has 92 valence electrons. The number of hydrogen-bond acceptors (Lipinski definition) is 2. The van der Waals surface area contributed by atoms with Crippen molar-refractivity contribution in [2.45, 2.75) is 26.8 Å². The molecule has 2 nitrogen and oxygen atoms in total. The first-order valence-electron chi connectivity index (χ1n) is 5.54. The molecule has 1 aromatic rings. The van der Waals surface area contributed by atoms with Crippen LogP contribution in [0.5, 0.6) is 0 Å². The molecule has 1 aliphatic rings. The third-order valence-electron chi connectivity index (χ3n) is 2.83. The van der Waals surface area contributed by atoms with Crippen LogP contribution in [0.1, 0.15) is 26.3 Å². The molecule has 0 saturated carbocycles. The van der Waals surface area contributed by atoms with Gasteiger partial charge in [-0.05, 0) is 17.5 Å². The number of rotatable bonds is 1. The lowest BCUT2D eigenvalue weighted by molar-refractivity contribution is 0.235. The molecule has 0 saturated heterocycles. The Bertz CT molecular complexity index is 443. The van der Waals surface area contributed by atoms with E-state index >= 15 is 0 Å². The van der Waals surface area contributed by atoms with Gasteiger partial charge >= 0.3 is 0 Å². The Hall–Kier alpha value is -1.45. The summed E-state index contributed by atoms with van der Waals surface area (Å²) in [6.07, 6.45) is 0. The van der Waals surface area contributed by atoms with Crippen LogP contribution in [0.25, 0.3) is 0 Å². The van der Waals surface area contributed by atoms with Crippen molar-refractivity contribution in [1.29, 1.82) is 0 Å². The van der Waals surface area contributed by atoms with E-state index in [2.05, 4.69) is 4.99 Å². The molecule has 0 fully saturated rings. The molecule has 1 atom stereocenters. The molecule has 0 spiro atoms. The number of nitrogens with zero attached hydrogens (tertiary/aromatic N) is 1. The number of benzene rings is 1. The Balaban J connectivity index is 2.37. The van der Waals surface area contributed by atoms with Crippen LogP contribution >= 0.6 is 0 Å². The lowest BCUT2D eigenvalue weighted by Gasteiger charge is -2.21. The second-order valence-corrected chi connectivity index (χ2v) is 5.22. The van der Waals surface area contributed by atoms with E-state index in [0.29, 0.717) is 6.61 Å². The van der Waals surface area contributed by atoms with Gasteiger partial charge in [0.25, 0.3) is 0 Å². The molecule has 0 radical (unpaired) electrons. The van der Waals surface area contributed by atoms with Crippen LogP contribution in [0, 0.1) is 17.0 Å². The summed E-state index contributed by atoms with van der Waals surface area (Å²) in [6.45, 7) is 6.42. The second-order valence-electron chi connectivity index (χ2n) is 5.22. The smallest absolute Gasteiger partial charge is 0.222 e. The molecule has 2 rings (SSSR count). The lowest BCUT2D eigenvalue weighted by atomic mass is 9.88. The van der Waals surface area contributed by atoms with Gasteiger partial charge in [-0.1, -0.05) is 26.8 Å². The summed E-state index contributed by atoms with van der Waals surface area (Å²) in [5.41, 5.74) is -0.247. The van der Waals surface area contributed by atoms with E-state index in [-0.39, 0.29) is 22.9 Å². The summed E-state index contributed by atoms with van der Waals surface area (Å²) in [7, 11) is 0. The quantitative estimate of drug-likeness (QED) is 0.737. The standard InChI is InChI=1S/C13H15F2NO/c1-13(2,3)10-7-17-12(16-10)11-8(14)5-4-6-9(11)15/h4-6,10H,7H2,1-3H3/t10-/m0/s1. The first-order valence-corrected chi connectivity index (χ1v) is 5.54. The molecule has 0 aliphatic carbocycles.